The average molecular weight is 1310 g/mol. The number of ketones is 4. The van der Waals surface area contributed by atoms with Crippen molar-refractivity contribution in [2.75, 3.05) is 0 Å². The van der Waals surface area contributed by atoms with Crippen LogP contribution >= 0.6 is 0 Å². The summed E-state index contributed by atoms with van der Waals surface area (Å²) < 4.78 is 9.64. The van der Waals surface area contributed by atoms with E-state index in [1.807, 2.05) is 188 Å². The standard InChI is InChI=1S/C82H60N10O8/c1-5-57(93)35-37-75-83-67-27-15-19-31-71(67)87(75)51-39-52(88-72-32-20-16-28-68(72)84-76(88)38-36-58(94)6-2)41-55(40-51)91-79(97)63-47-65-66(48-64(63)80(91)98)82(100)92(81(65)99)56-43-53(89-73-33-21-17-29-69(73)85-77(89)61(45-59(95)7-3)49-23-11-9-12-24-49)42-54(44-56)90-74-34-22-18-30-70(74)86-78(90)62(46-60(96)8-4)50-25-13-10-14-26-50/h5-34,39-44,47-48,61-62H,1-4,35-38,45-46H2. The second-order valence-corrected chi connectivity index (χ2v) is 24.6. The molecule has 0 fully saturated rings. The van der Waals surface area contributed by atoms with E-state index in [0.29, 0.717) is 90.2 Å². The van der Waals surface area contributed by atoms with Gasteiger partial charge in [0.2, 0.25) is 0 Å². The minimum Gasteiger partial charge on any atom is -0.296 e. The summed E-state index contributed by atoms with van der Waals surface area (Å²) in [6.45, 7) is 15.0. The highest BCUT2D eigenvalue weighted by molar-refractivity contribution is 5.99. The fourth-order valence-electron chi connectivity index (χ4n) is 13.9. The summed E-state index contributed by atoms with van der Waals surface area (Å²) in [6, 6.07) is 62.0. The highest BCUT2D eigenvalue weighted by Gasteiger charge is 2.31. The molecule has 486 valence electrons. The minimum absolute atomic E-state index is 0.00897. The number of hydrogen-bond donors (Lipinski definition) is 0. The molecule has 0 N–H and O–H groups in total. The zero-order chi connectivity index (χ0) is 69.0. The molecular weight excluding hydrogens is 1250 g/mol. The van der Waals surface area contributed by atoms with Gasteiger partial charge in [-0.05, 0) is 132 Å². The van der Waals surface area contributed by atoms with Gasteiger partial charge in [0, 0.05) is 50.4 Å². The Balaban J connectivity index is 0.966. The van der Waals surface area contributed by atoms with Gasteiger partial charge in [0.1, 0.15) is 23.3 Å². The van der Waals surface area contributed by atoms with Gasteiger partial charge in [0.15, 0.2) is 23.1 Å². The number of hydrogen-bond acceptors (Lipinski definition) is 12. The first kappa shape index (κ1) is 62.9. The molecule has 0 amide bonds. The molecule has 100 heavy (non-hydrogen) atoms. The number of imidazole rings is 4. The molecule has 15 aromatic rings. The highest BCUT2D eigenvalue weighted by atomic mass is 16.2. The number of carbonyl (C=O) groups is 4. The van der Waals surface area contributed by atoms with Crippen LogP contribution in [0.4, 0.5) is 0 Å². The third-order valence-electron chi connectivity index (χ3n) is 18.6. The van der Waals surface area contributed by atoms with Crippen molar-refractivity contribution in [1.82, 2.24) is 47.3 Å². The largest absolute Gasteiger partial charge is 0.296 e. The monoisotopic (exact) mass is 1310 g/mol. The van der Waals surface area contributed by atoms with Crippen LogP contribution in [0.15, 0.2) is 276 Å². The quantitative estimate of drug-likeness (QED) is 0.0516. The molecule has 9 aromatic carbocycles. The Hall–Kier alpha value is -13.2. The van der Waals surface area contributed by atoms with Gasteiger partial charge in [-0.1, -0.05) is 136 Å². The lowest BCUT2D eigenvalue weighted by molar-refractivity contribution is -0.115. The average Bonchev–Trinajstić information content (AvgIpc) is 1.56. The van der Waals surface area contributed by atoms with E-state index in [9.17, 15) is 19.2 Å². The number of nitrogens with zero attached hydrogens (tertiary/aromatic N) is 10. The lowest BCUT2D eigenvalue weighted by atomic mass is 9.92. The van der Waals surface area contributed by atoms with Gasteiger partial charge in [0.05, 0.1) is 99.8 Å². The first-order valence-electron chi connectivity index (χ1n) is 32.6. The second-order valence-electron chi connectivity index (χ2n) is 24.6. The zero-order valence-corrected chi connectivity index (χ0v) is 53.9. The highest BCUT2D eigenvalue weighted by Crippen LogP contribution is 2.39. The van der Waals surface area contributed by atoms with Crippen LogP contribution in [-0.2, 0) is 32.0 Å². The molecule has 0 saturated heterocycles. The summed E-state index contributed by atoms with van der Waals surface area (Å²) in [7, 11) is 0. The van der Waals surface area contributed by atoms with Crippen molar-refractivity contribution in [2.24, 2.45) is 0 Å². The maximum Gasteiger partial charge on any atom is 0.266 e. The number of aryl methyl sites for hydroxylation is 2. The van der Waals surface area contributed by atoms with Crippen LogP contribution in [0.3, 0.4) is 0 Å². The van der Waals surface area contributed by atoms with Crippen molar-refractivity contribution in [3.63, 3.8) is 0 Å². The molecule has 0 bridgehead atoms. The van der Waals surface area contributed by atoms with Gasteiger partial charge in [-0.3, -0.25) is 56.6 Å². The van der Waals surface area contributed by atoms with Crippen LogP contribution in [-0.4, -0.2) is 70.5 Å². The molecule has 0 spiro atoms. The first-order valence-corrected chi connectivity index (χ1v) is 32.6. The fourth-order valence-corrected chi connectivity index (χ4v) is 13.9. The molecule has 0 aliphatic rings. The Morgan fingerprint density at radius 1 is 0.320 bits per heavy atom. The maximum atomic E-state index is 15.7. The van der Waals surface area contributed by atoms with E-state index in [0.717, 1.165) is 20.3 Å². The van der Waals surface area contributed by atoms with E-state index in [2.05, 4.69) is 26.3 Å². The molecule has 15 rings (SSSR count). The molecule has 0 aliphatic heterocycles. The predicted molar refractivity (Wildman–Crippen MR) is 389 cm³/mol. The Kier molecular flexibility index (Phi) is 16.2. The van der Waals surface area contributed by atoms with Crippen molar-refractivity contribution in [1.29, 1.82) is 0 Å². The Morgan fingerprint density at radius 2 is 0.590 bits per heavy atom. The number of fused-ring (bicyclic) bond motifs is 6. The fraction of sp³-hybridized carbons (Fsp3) is 0.0976. The molecule has 18 nitrogen and oxygen atoms in total. The van der Waals surface area contributed by atoms with Gasteiger partial charge < -0.3 is 0 Å². The van der Waals surface area contributed by atoms with E-state index in [4.69, 9.17) is 19.9 Å². The molecule has 6 heterocycles. The summed E-state index contributed by atoms with van der Waals surface area (Å²) in [5.74, 6) is -0.169. The lowest BCUT2D eigenvalue weighted by Gasteiger charge is -2.22. The minimum atomic E-state index is -0.790. The van der Waals surface area contributed by atoms with Crippen LogP contribution < -0.4 is 22.2 Å². The van der Waals surface area contributed by atoms with Crippen molar-refractivity contribution in [3.05, 3.63) is 333 Å². The molecule has 6 aromatic heterocycles. The maximum absolute atomic E-state index is 15.7. The molecule has 0 aliphatic carbocycles. The van der Waals surface area contributed by atoms with Gasteiger partial charge >= 0.3 is 0 Å². The van der Waals surface area contributed by atoms with E-state index in [1.54, 1.807) is 24.3 Å². The number of para-hydroxylation sites is 8. The summed E-state index contributed by atoms with van der Waals surface area (Å²) in [6.07, 6.45) is 5.66. The SMILES string of the molecule is C=CC(=O)CCc1nc2ccccc2n1-c1cc(-n2c(=O)c3cc4c(=O)n(-c5cc(-n6c(C(CC(=O)C=C)c7ccccc7)nc7ccccc76)cc(-n6c(C(CC(=O)C=C)c7ccccc7)nc7ccccc76)c5)c(=O)c4cc3c2=O)cc(-n2c(CCC(=O)C=C)nc3ccccc32)c1. The summed E-state index contributed by atoms with van der Waals surface area (Å²) in [5, 5.41) is -0.538. The van der Waals surface area contributed by atoms with E-state index >= 15 is 19.2 Å². The topological polar surface area (TPSA) is 218 Å². The normalized spacial score (nSPS) is 12.2. The lowest BCUT2D eigenvalue weighted by Crippen LogP contribution is -2.25. The molecule has 0 radical (unpaired) electrons. The number of allylic oxidation sites excluding steroid dienone is 4. The third kappa shape index (κ3) is 11.0. The van der Waals surface area contributed by atoms with Crippen LogP contribution in [0.1, 0.15) is 71.9 Å². The summed E-state index contributed by atoms with van der Waals surface area (Å²) >= 11 is 0. The molecule has 18 heteroatoms. The Morgan fingerprint density at radius 3 is 0.910 bits per heavy atom. The molecule has 2 atom stereocenters. The van der Waals surface area contributed by atoms with Crippen molar-refractivity contribution >= 4 is 88.8 Å². The number of carbonyl (C=O) groups excluding carboxylic acids is 4. The van der Waals surface area contributed by atoms with E-state index < -0.39 is 34.1 Å². The van der Waals surface area contributed by atoms with Crippen LogP contribution in [0.5, 0.6) is 0 Å². The van der Waals surface area contributed by atoms with Crippen LogP contribution in [0.25, 0.3) is 99.8 Å². The van der Waals surface area contributed by atoms with Crippen LogP contribution in [0.2, 0.25) is 0 Å². The second kappa shape index (κ2) is 25.7. The summed E-state index contributed by atoms with van der Waals surface area (Å²) in [5.41, 5.74) is 5.46. The van der Waals surface area contributed by atoms with Gasteiger partial charge in [0.25, 0.3) is 22.2 Å². The smallest absolute Gasteiger partial charge is 0.266 e. The van der Waals surface area contributed by atoms with Crippen LogP contribution in [0, 0.1) is 0 Å². The third-order valence-corrected chi connectivity index (χ3v) is 18.6. The molecular formula is C82H60N10O8. The Labute approximate surface area is 569 Å². The number of rotatable bonds is 24. The number of aromatic nitrogens is 10. The first-order chi connectivity index (χ1) is 48.7. The van der Waals surface area contributed by atoms with Crippen molar-refractivity contribution in [2.45, 2.75) is 50.4 Å². The van der Waals surface area contributed by atoms with E-state index in [1.165, 1.54) is 36.4 Å². The summed E-state index contributed by atoms with van der Waals surface area (Å²) in [4.78, 5) is 136. The molecule has 0 saturated carbocycles. The van der Waals surface area contributed by atoms with Gasteiger partial charge in [-0.25, -0.2) is 29.1 Å². The van der Waals surface area contributed by atoms with Gasteiger partial charge in [-0.2, -0.15) is 0 Å². The molecule has 2 unspecified atom stereocenters. The van der Waals surface area contributed by atoms with Gasteiger partial charge in [-0.15, -0.1) is 0 Å². The predicted octanol–water partition coefficient (Wildman–Crippen LogP) is 13.2. The zero-order valence-electron chi connectivity index (χ0n) is 53.9. The van der Waals surface area contributed by atoms with Crippen molar-refractivity contribution in [3.8, 4) is 34.1 Å². The van der Waals surface area contributed by atoms with Crippen molar-refractivity contribution < 1.29 is 19.2 Å². The van der Waals surface area contributed by atoms with E-state index in [-0.39, 0.29) is 94.6 Å². The Bertz CT molecular complexity index is 5810. The number of benzene rings is 9.